The number of benzene rings is 1. The van der Waals surface area contributed by atoms with Crippen molar-refractivity contribution in [2.45, 2.75) is 26.3 Å². The molecule has 1 N–H and O–H groups in total. The Labute approximate surface area is 194 Å². The highest BCUT2D eigenvalue weighted by atomic mass is 35.5. The number of fused-ring (bicyclic) bond motifs is 1. The van der Waals surface area contributed by atoms with Crippen LogP contribution >= 0.6 is 34.3 Å². The fourth-order valence-corrected chi connectivity index (χ4v) is 5.49. The van der Waals surface area contributed by atoms with Gasteiger partial charge in [0.1, 0.15) is 0 Å². The second-order valence-electron chi connectivity index (χ2n) is 7.38. The van der Waals surface area contributed by atoms with Gasteiger partial charge in [0, 0.05) is 33.9 Å². The fraction of sp³-hybridized carbons (Fsp3) is 0.261. The van der Waals surface area contributed by atoms with E-state index in [0.29, 0.717) is 15.7 Å². The number of nitrogens with one attached hydrogen (secondary N) is 1. The average Bonchev–Trinajstić information content (AvgIpc) is 3.37. The molecule has 0 saturated heterocycles. The van der Waals surface area contributed by atoms with E-state index >= 15 is 0 Å². The van der Waals surface area contributed by atoms with Crippen molar-refractivity contribution in [2.24, 2.45) is 0 Å². The molecule has 0 spiro atoms. The first-order valence-corrected chi connectivity index (χ1v) is 12.2. The number of aromatic nitrogens is 2. The van der Waals surface area contributed by atoms with Crippen LogP contribution in [-0.4, -0.2) is 34.4 Å². The topological polar surface area (TPSA) is 58.1 Å². The minimum absolute atomic E-state index is 0.179. The van der Waals surface area contributed by atoms with E-state index in [-0.39, 0.29) is 5.91 Å². The number of hydrogen-bond donors (Lipinski definition) is 1. The van der Waals surface area contributed by atoms with Gasteiger partial charge >= 0.3 is 0 Å². The predicted octanol–water partition coefficient (Wildman–Crippen LogP) is 6.56. The van der Waals surface area contributed by atoms with Crippen molar-refractivity contribution in [2.75, 3.05) is 18.9 Å². The number of hydrogen-bond acceptors (Lipinski definition) is 6. The van der Waals surface area contributed by atoms with Crippen LogP contribution < -0.4 is 5.32 Å². The second-order valence-corrected chi connectivity index (χ2v) is 9.81. The van der Waals surface area contributed by atoms with Crippen LogP contribution in [0.3, 0.4) is 0 Å². The molecule has 5 nitrogen and oxygen atoms in total. The van der Waals surface area contributed by atoms with Gasteiger partial charge in [-0.25, -0.2) is 4.98 Å². The maximum Gasteiger partial charge on any atom is 0.257 e. The minimum Gasteiger partial charge on any atom is -0.301 e. The third-order valence-corrected chi connectivity index (χ3v) is 7.13. The SMILES string of the molecule is CCCCN(C)Cc1sc(NC(=O)c2ccc3ncccc3c2)nc1-c1cc(Cl)cs1. The van der Waals surface area contributed by atoms with Gasteiger partial charge in [-0.2, -0.15) is 0 Å². The Morgan fingerprint density at radius 1 is 1.26 bits per heavy atom. The summed E-state index contributed by atoms with van der Waals surface area (Å²) in [5, 5.41) is 7.11. The number of anilines is 1. The summed E-state index contributed by atoms with van der Waals surface area (Å²) in [4.78, 5) is 26.4. The molecule has 31 heavy (non-hydrogen) atoms. The smallest absolute Gasteiger partial charge is 0.257 e. The third-order valence-electron chi connectivity index (χ3n) is 4.89. The van der Waals surface area contributed by atoms with Gasteiger partial charge in [0.15, 0.2) is 5.13 Å². The van der Waals surface area contributed by atoms with Crippen molar-refractivity contribution >= 4 is 56.2 Å². The maximum atomic E-state index is 12.9. The van der Waals surface area contributed by atoms with E-state index in [2.05, 4.69) is 29.2 Å². The lowest BCUT2D eigenvalue weighted by atomic mass is 10.1. The quantitative estimate of drug-likeness (QED) is 0.317. The van der Waals surface area contributed by atoms with Crippen LogP contribution in [-0.2, 0) is 6.54 Å². The first kappa shape index (κ1) is 21.9. The number of rotatable bonds is 8. The third kappa shape index (κ3) is 5.30. The standard InChI is InChI=1S/C23H23ClN4OS2/c1-3-4-10-28(2)13-20-21(19-12-17(24)14-30-19)26-23(31-20)27-22(29)16-7-8-18-15(11-16)6-5-9-25-18/h5-9,11-12,14H,3-4,10,13H2,1-2H3,(H,26,27,29). The van der Waals surface area contributed by atoms with Gasteiger partial charge in [0.25, 0.3) is 5.91 Å². The van der Waals surface area contributed by atoms with Crippen molar-refractivity contribution in [3.8, 4) is 10.6 Å². The summed E-state index contributed by atoms with van der Waals surface area (Å²) in [7, 11) is 2.11. The van der Waals surface area contributed by atoms with Gasteiger partial charge in [0.05, 0.1) is 21.1 Å². The molecule has 1 amide bonds. The lowest BCUT2D eigenvalue weighted by molar-refractivity contribution is 0.102. The van der Waals surface area contributed by atoms with E-state index in [1.54, 1.807) is 23.6 Å². The van der Waals surface area contributed by atoms with Crippen molar-refractivity contribution in [3.63, 3.8) is 0 Å². The first-order valence-electron chi connectivity index (χ1n) is 10.1. The highest BCUT2D eigenvalue weighted by Crippen LogP contribution is 2.37. The molecule has 0 unspecified atom stereocenters. The summed E-state index contributed by atoms with van der Waals surface area (Å²) in [5.74, 6) is -0.179. The number of carbonyl (C=O) groups is 1. The molecule has 0 aliphatic heterocycles. The summed E-state index contributed by atoms with van der Waals surface area (Å²) in [6.07, 6.45) is 4.05. The van der Waals surface area contributed by atoms with Gasteiger partial charge in [0.2, 0.25) is 0 Å². The number of thiophene rings is 1. The van der Waals surface area contributed by atoms with Gasteiger partial charge in [-0.1, -0.05) is 42.3 Å². The molecule has 0 radical (unpaired) electrons. The van der Waals surface area contributed by atoms with Crippen LogP contribution in [0.15, 0.2) is 48.0 Å². The molecule has 1 aromatic carbocycles. The first-order chi connectivity index (χ1) is 15.0. The maximum absolute atomic E-state index is 12.9. The van der Waals surface area contributed by atoms with E-state index in [9.17, 15) is 4.79 Å². The molecule has 0 aliphatic rings. The Morgan fingerprint density at radius 3 is 2.90 bits per heavy atom. The molecule has 4 aromatic rings. The summed E-state index contributed by atoms with van der Waals surface area (Å²) < 4.78 is 0. The molecule has 0 atom stereocenters. The average molecular weight is 471 g/mol. The van der Waals surface area contributed by atoms with Gasteiger partial charge < -0.3 is 4.90 Å². The molecule has 0 fully saturated rings. The number of pyridine rings is 1. The molecule has 3 aromatic heterocycles. The molecular formula is C23H23ClN4OS2. The van der Waals surface area contributed by atoms with E-state index in [4.69, 9.17) is 16.6 Å². The zero-order valence-electron chi connectivity index (χ0n) is 17.4. The Morgan fingerprint density at radius 2 is 2.13 bits per heavy atom. The molecule has 160 valence electrons. The number of halogens is 1. The van der Waals surface area contributed by atoms with Crippen LogP contribution in [0.1, 0.15) is 35.0 Å². The van der Waals surface area contributed by atoms with Gasteiger partial charge in [-0.3, -0.25) is 15.1 Å². The fourth-order valence-electron chi connectivity index (χ4n) is 3.28. The van der Waals surface area contributed by atoms with Gasteiger partial charge in [-0.15, -0.1) is 11.3 Å². The van der Waals surface area contributed by atoms with E-state index in [0.717, 1.165) is 52.3 Å². The largest absolute Gasteiger partial charge is 0.301 e. The molecule has 0 aliphatic carbocycles. The molecular weight excluding hydrogens is 448 g/mol. The summed E-state index contributed by atoms with van der Waals surface area (Å²) in [6.45, 7) is 3.99. The molecule has 8 heteroatoms. The van der Waals surface area contributed by atoms with Crippen molar-refractivity contribution in [1.29, 1.82) is 0 Å². The van der Waals surface area contributed by atoms with Gasteiger partial charge in [-0.05, 0) is 50.3 Å². The Balaban J connectivity index is 1.58. The van der Waals surface area contributed by atoms with Crippen LogP contribution in [0.4, 0.5) is 5.13 Å². The van der Waals surface area contributed by atoms with E-state index in [1.807, 2.05) is 35.7 Å². The number of unbranched alkanes of at least 4 members (excludes halogenated alkanes) is 1. The lowest BCUT2D eigenvalue weighted by Crippen LogP contribution is -2.18. The van der Waals surface area contributed by atoms with Crippen LogP contribution in [0.25, 0.3) is 21.5 Å². The Bertz CT molecular complexity index is 1200. The summed E-state index contributed by atoms with van der Waals surface area (Å²) in [5.41, 5.74) is 2.34. The molecule has 0 saturated carbocycles. The predicted molar refractivity (Wildman–Crippen MR) is 131 cm³/mol. The Kier molecular flexibility index (Phi) is 6.97. The summed E-state index contributed by atoms with van der Waals surface area (Å²) in [6, 6.07) is 11.2. The number of nitrogens with zero attached hydrogens (tertiary/aromatic N) is 3. The van der Waals surface area contributed by atoms with Crippen LogP contribution in [0, 0.1) is 0 Å². The van der Waals surface area contributed by atoms with Crippen molar-refractivity contribution < 1.29 is 4.79 Å². The van der Waals surface area contributed by atoms with E-state index in [1.165, 1.54) is 11.3 Å². The number of carbonyl (C=O) groups excluding carboxylic acids is 1. The van der Waals surface area contributed by atoms with Crippen molar-refractivity contribution in [1.82, 2.24) is 14.9 Å². The second kappa shape index (κ2) is 9.87. The van der Waals surface area contributed by atoms with Crippen molar-refractivity contribution in [3.05, 3.63) is 63.4 Å². The molecule has 3 heterocycles. The lowest BCUT2D eigenvalue weighted by Gasteiger charge is -2.15. The zero-order chi connectivity index (χ0) is 21.8. The number of thiazole rings is 1. The van der Waals surface area contributed by atoms with E-state index < -0.39 is 0 Å². The number of amides is 1. The normalized spacial score (nSPS) is 11.4. The molecule has 4 rings (SSSR count). The zero-order valence-corrected chi connectivity index (χ0v) is 19.8. The highest BCUT2D eigenvalue weighted by Gasteiger charge is 2.18. The van der Waals surface area contributed by atoms with Crippen LogP contribution in [0.2, 0.25) is 5.02 Å². The Hall–Kier alpha value is -2.32. The summed E-state index contributed by atoms with van der Waals surface area (Å²) >= 11 is 9.24. The van der Waals surface area contributed by atoms with Crippen LogP contribution in [0.5, 0.6) is 0 Å². The molecule has 0 bridgehead atoms. The minimum atomic E-state index is -0.179. The highest BCUT2D eigenvalue weighted by molar-refractivity contribution is 7.17. The monoisotopic (exact) mass is 470 g/mol.